The maximum Gasteiger partial charge on any atom is 0.436 e. The average molecular weight is 262 g/mol. The molecule has 0 saturated heterocycles. The Morgan fingerprint density at radius 2 is 2.22 bits per heavy atom. The number of carbonyl (C=O) groups excluding carboxylic acids is 1. The fraction of sp³-hybridized carbons (Fsp3) is 0.636. The van der Waals surface area contributed by atoms with Gasteiger partial charge in [-0.3, -0.25) is 4.68 Å². The third-order valence-corrected chi connectivity index (χ3v) is 2.67. The Labute approximate surface area is 102 Å². The predicted octanol–water partition coefficient (Wildman–Crippen LogP) is 2.49. The van der Waals surface area contributed by atoms with Gasteiger partial charge in [-0.1, -0.05) is 0 Å². The molecule has 0 amide bonds. The number of alkyl halides is 3. The van der Waals surface area contributed by atoms with Gasteiger partial charge in [0.15, 0.2) is 5.69 Å². The molecule has 0 spiro atoms. The van der Waals surface area contributed by atoms with E-state index in [-0.39, 0.29) is 6.61 Å². The fourth-order valence-corrected chi connectivity index (χ4v) is 1.65. The van der Waals surface area contributed by atoms with Crippen molar-refractivity contribution in [1.82, 2.24) is 9.78 Å². The van der Waals surface area contributed by atoms with Gasteiger partial charge < -0.3 is 4.74 Å². The van der Waals surface area contributed by atoms with Gasteiger partial charge in [-0.25, -0.2) is 4.79 Å². The number of rotatable bonds is 4. The van der Waals surface area contributed by atoms with Crippen LogP contribution in [0.4, 0.5) is 13.2 Å². The minimum atomic E-state index is -4.64. The van der Waals surface area contributed by atoms with E-state index in [0.29, 0.717) is 12.5 Å². The first-order valence-electron chi connectivity index (χ1n) is 5.73. The molecule has 0 aromatic carbocycles. The maximum atomic E-state index is 12.7. The van der Waals surface area contributed by atoms with Crippen LogP contribution in [0.15, 0.2) is 6.20 Å². The van der Waals surface area contributed by atoms with E-state index in [0.717, 1.165) is 19.0 Å². The molecule has 0 atom stereocenters. The molecule has 7 heteroatoms. The minimum Gasteiger partial charge on any atom is -0.462 e. The van der Waals surface area contributed by atoms with E-state index in [4.69, 9.17) is 0 Å². The number of hydrogen-bond donors (Lipinski definition) is 0. The van der Waals surface area contributed by atoms with Crippen molar-refractivity contribution in [2.75, 3.05) is 6.61 Å². The van der Waals surface area contributed by atoms with Crippen molar-refractivity contribution in [3.8, 4) is 0 Å². The number of nitrogens with zero attached hydrogens (tertiary/aromatic N) is 2. The van der Waals surface area contributed by atoms with Gasteiger partial charge in [0.05, 0.1) is 6.61 Å². The molecule has 100 valence electrons. The van der Waals surface area contributed by atoms with Crippen molar-refractivity contribution in [2.24, 2.45) is 5.92 Å². The van der Waals surface area contributed by atoms with Crippen LogP contribution in [0, 0.1) is 5.92 Å². The number of ether oxygens (including phenoxy) is 1. The van der Waals surface area contributed by atoms with Crippen molar-refractivity contribution in [3.05, 3.63) is 17.5 Å². The lowest BCUT2D eigenvalue weighted by molar-refractivity contribution is -0.142. The van der Waals surface area contributed by atoms with Crippen molar-refractivity contribution < 1.29 is 22.7 Å². The monoisotopic (exact) mass is 262 g/mol. The highest BCUT2D eigenvalue weighted by atomic mass is 19.4. The normalized spacial score (nSPS) is 15.8. The van der Waals surface area contributed by atoms with Crippen molar-refractivity contribution in [1.29, 1.82) is 0 Å². The highest BCUT2D eigenvalue weighted by Crippen LogP contribution is 2.33. The summed E-state index contributed by atoms with van der Waals surface area (Å²) in [5.41, 5.74) is -1.67. The van der Waals surface area contributed by atoms with Crippen LogP contribution >= 0.6 is 0 Å². The van der Waals surface area contributed by atoms with Crippen molar-refractivity contribution in [3.63, 3.8) is 0 Å². The van der Waals surface area contributed by atoms with E-state index >= 15 is 0 Å². The third kappa shape index (κ3) is 2.83. The Balaban J connectivity index is 2.28. The summed E-state index contributed by atoms with van der Waals surface area (Å²) >= 11 is 0. The lowest BCUT2D eigenvalue weighted by Crippen LogP contribution is -2.14. The molecule has 1 aliphatic rings. The molecule has 2 rings (SSSR count). The Morgan fingerprint density at radius 3 is 2.72 bits per heavy atom. The van der Waals surface area contributed by atoms with Gasteiger partial charge in [-0.15, -0.1) is 0 Å². The summed E-state index contributed by atoms with van der Waals surface area (Å²) in [6, 6.07) is 0. The van der Waals surface area contributed by atoms with Gasteiger partial charge in [-0.2, -0.15) is 18.3 Å². The molecule has 1 heterocycles. The molecule has 0 radical (unpaired) electrons. The first kappa shape index (κ1) is 12.9. The number of esters is 1. The second-order valence-electron chi connectivity index (χ2n) is 4.28. The SMILES string of the molecule is CCOC(=O)c1cn(CC2CC2)nc1C(F)(F)F. The molecule has 0 N–H and O–H groups in total. The molecule has 0 unspecified atom stereocenters. The number of aromatic nitrogens is 2. The van der Waals surface area contributed by atoms with Crippen LogP contribution < -0.4 is 0 Å². The van der Waals surface area contributed by atoms with Crippen molar-refractivity contribution in [2.45, 2.75) is 32.5 Å². The molecule has 18 heavy (non-hydrogen) atoms. The van der Waals surface area contributed by atoms with Crippen LogP contribution in [-0.2, 0) is 17.5 Å². The summed E-state index contributed by atoms with van der Waals surface area (Å²) < 4.78 is 44.0. The van der Waals surface area contributed by atoms with Crippen LogP contribution in [0.1, 0.15) is 35.8 Å². The summed E-state index contributed by atoms with van der Waals surface area (Å²) in [6.07, 6.45) is -1.53. The number of halogens is 3. The predicted molar refractivity (Wildman–Crippen MR) is 55.9 cm³/mol. The van der Waals surface area contributed by atoms with E-state index < -0.39 is 23.4 Å². The Kier molecular flexibility index (Phi) is 3.32. The van der Waals surface area contributed by atoms with E-state index in [9.17, 15) is 18.0 Å². The summed E-state index contributed by atoms with van der Waals surface area (Å²) in [5, 5.41) is 3.46. The summed E-state index contributed by atoms with van der Waals surface area (Å²) in [4.78, 5) is 11.5. The van der Waals surface area contributed by atoms with Crippen molar-refractivity contribution >= 4 is 5.97 Å². The second-order valence-corrected chi connectivity index (χ2v) is 4.28. The summed E-state index contributed by atoms with van der Waals surface area (Å²) in [7, 11) is 0. The van der Waals surface area contributed by atoms with Crippen LogP contribution in [0.2, 0.25) is 0 Å². The lowest BCUT2D eigenvalue weighted by Gasteiger charge is -2.05. The number of hydrogen-bond acceptors (Lipinski definition) is 3. The highest BCUT2D eigenvalue weighted by Gasteiger charge is 2.40. The van der Waals surface area contributed by atoms with Gasteiger partial charge in [0, 0.05) is 12.7 Å². The average Bonchev–Trinajstić information content (AvgIpc) is 2.93. The lowest BCUT2D eigenvalue weighted by atomic mass is 10.2. The van der Waals surface area contributed by atoms with Gasteiger partial charge in [-0.05, 0) is 25.7 Å². The zero-order chi connectivity index (χ0) is 13.3. The molecule has 0 aliphatic heterocycles. The van der Waals surface area contributed by atoms with E-state index in [1.807, 2.05) is 0 Å². The maximum absolute atomic E-state index is 12.7. The standard InChI is InChI=1S/C11H13F3N2O2/c1-2-18-10(17)8-6-16(5-7-3-4-7)15-9(8)11(12,13)14/h6-7H,2-5H2,1H3. The first-order chi connectivity index (χ1) is 8.41. The minimum absolute atomic E-state index is 0.0317. The molecular formula is C11H13F3N2O2. The molecular weight excluding hydrogens is 249 g/mol. The Bertz CT molecular complexity index is 450. The molecule has 0 bridgehead atoms. The molecule has 1 aliphatic carbocycles. The molecule has 1 fully saturated rings. The second kappa shape index (κ2) is 4.62. The Morgan fingerprint density at radius 1 is 1.56 bits per heavy atom. The first-order valence-corrected chi connectivity index (χ1v) is 5.73. The van der Waals surface area contributed by atoms with Crippen LogP contribution in [-0.4, -0.2) is 22.4 Å². The smallest absolute Gasteiger partial charge is 0.436 e. The van der Waals surface area contributed by atoms with Gasteiger partial charge in [0.1, 0.15) is 5.56 Å². The highest BCUT2D eigenvalue weighted by molar-refractivity contribution is 5.90. The van der Waals surface area contributed by atoms with Crippen LogP contribution in [0.3, 0.4) is 0 Å². The summed E-state index contributed by atoms with van der Waals surface area (Å²) in [6.45, 7) is 1.99. The fourth-order valence-electron chi connectivity index (χ4n) is 1.65. The van der Waals surface area contributed by atoms with Crippen LogP contribution in [0.5, 0.6) is 0 Å². The third-order valence-electron chi connectivity index (χ3n) is 2.67. The zero-order valence-corrected chi connectivity index (χ0v) is 9.83. The molecule has 4 nitrogen and oxygen atoms in total. The van der Waals surface area contributed by atoms with E-state index in [1.54, 1.807) is 6.92 Å². The topological polar surface area (TPSA) is 44.1 Å². The van der Waals surface area contributed by atoms with Gasteiger partial charge in [0.25, 0.3) is 0 Å². The molecule has 1 saturated carbocycles. The zero-order valence-electron chi connectivity index (χ0n) is 9.83. The number of carbonyl (C=O) groups is 1. The quantitative estimate of drug-likeness (QED) is 0.783. The van der Waals surface area contributed by atoms with Gasteiger partial charge >= 0.3 is 12.1 Å². The van der Waals surface area contributed by atoms with Gasteiger partial charge in [0.2, 0.25) is 0 Å². The largest absolute Gasteiger partial charge is 0.462 e. The molecule has 1 aromatic heterocycles. The summed E-state index contributed by atoms with van der Waals surface area (Å²) in [5.74, 6) is -0.604. The van der Waals surface area contributed by atoms with E-state index in [2.05, 4.69) is 9.84 Å². The molecule has 1 aromatic rings. The van der Waals surface area contributed by atoms with Crippen LogP contribution in [0.25, 0.3) is 0 Å². The Hall–Kier alpha value is -1.53. The van der Waals surface area contributed by atoms with E-state index in [1.165, 1.54) is 4.68 Å².